The van der Waals surface area contributed by atoms with Crippen LogP contribution < -0.4 is 9.47 Å². The summed E-state index contributed by atoms with van der Waals surface area (Å²) in [5, 5.41) is 0. The van der Waals surface area contributed by atoms with E-state index in [9.17, 15) is 9.59 Å². The maximum atomic E-state index is 13.0. The number of cyclic esters (lactones) is 1. The van der Waals surface area contributed by atoms with Crippen molar-refractivity contribution in [1.29, 1.82) is 0 Å². The van der Waals surface area contributed by atoms with Gasteiger partial charge >= 0.3 is 6.09 Å². The van der Waals surface area contributed by atoms with Crippen molar-refractivity contribution in [3.05, 3.63) is 22.2 Å². The van der Waals surface area contributed by atoms with E-state index in [0.717, 1.165) is 22.9 Å². The smallest absolute Gasteiger partial charge is 0.416 e. The highest BCUT2D eigenvalue weighted by molar-refractivity contribution is 9.10. The zero-order valence-electron chi connectivity index (χ0n) is 14.1. The molecule has 0 aromatic heterocycles. The summed E-state index contributed by atoms with van der Waals surface area (Å²) < 4.78 is 16.4. The SMILES string of the molecule is CCCCC(C(=O)N1CCOC1=O)c1c(Br)cc(OC)cc1OC. The second kappa shape index (κ2) is 8.37. The van der Waals surface area contributed by atoms with Crippen molar-refractivity contribution in [1.82, 2.24) is 4.90 Å². The monoisotopic (exact) mass is 399 g/mol. The van der Waals surface area contributed by atoms with E-state index in [-0.39, 0.29) is 19.1 Å². The number of nitrogens with zero attached hydrogens (tertiary/aromatic N) is 1. The van der Waals surface area contributed by atoms with Gasteiger partial charge in [-0.2, -0.15) is 0 Å². The third-order valence-corrected chi connectivity index (χ3v) is 4.70. The van der Waals surface area contributed by atoms with Crippen LogP contribution in [0.1, 0.15) is 37.7 Å². The van der Waals surface area contributed by atoms with Gasteiger partial charge in [-0.25, -0.2) is 9.69 Å². The van der Waals surface area contributed by atoms with Gasteiger partial charge in [0, 0.05) is 16.1 Å². The molecule has 1 saturated heterocycles. The Morgan fingerprint density at radius 1 is 1.38 bits per heavy atom. The molecule has 24 heavy (non-hydrogen) atoms. The Hall–Kier alpha value is -1.76. The first-order valence-electron chi connectivity index (χ1n) is 7.93. The lowest BCUT2D eigenvalue weighted by Gasteiger charge is -2.24. The number of ether oxygens (including phenoxy) is 3. The Labute approximate surface area is 150 Å². The Kier molecular flexibility index (Phi) is 6.48. The molecule has 0 aliphatic carbocycles. The van der Waals surface area contributed by atoms with Gasteiger partial charge in [-0.15, -0.1) is 0 Å². The van der Waals surface area contributed by atoms with E-state index in [1.165, 1.54) is 4.90 Å². The van der Waals surface area contributed by atoms with Gasteiger partial charge in [0.05, 0.1) is 26.7 Å². The Morgan fingerprint density at radius 2 is 2.12 bits per heavy atom. The second-order valence-electron chi connectivity index (χ2n) is 5.52. The molecule has 1 aromatic carbocycles. The predicted molar refractivity (Wildman–Crippen MR) is 92.6 cm³/mol. The quantitative estimate of drug-likeness (QED) is 0.698. The third kappa shape index (κ3) is 3.83. The summed E-state index contributed by atoms with van der Waals surface area (Å²) in [5.74, 6) is 0.453. The van der Waals surface area contributed by atoms with Crippen LogP contribution in [0.25, 0.3) is 0 Å². The Balaban J connectivity index is 2.44. The molecule has 1 heterocycles. The average molecular weight is 400 g/mol. The van der Waals surface area contributed by atoms with E-state index < -0.39 is 12.0 Å². The van der Waals surface area contributed by atoms with Crippen molar-refractivity contribution in [3.63, 3.8) is 0 Å². The summed E-state index contributed by atoms with van der Waals surface area (Å²) in [6.07, 6.45) is 1.86. The van der Waals surface area contributed by atoms with Gasteiger partial charge in [0.25, 0.3) is 0 Å². The minimum absolute atomic E-state index is 0.242. The highest BCUT2D eigenvalue weighted by atomic mass is 79.9. The third-order valence-electron chi connectivity index (χ3n) is 4.04. The molecule has 6 nitrogen and oxygen atoms in total. The highest BCUT2D eigenvalue weighted by Gasteiger charge is 2.36. The van der Waals surface area contributed by atoms with Gasteiger partial charge in [-0.3, -0.25) is 4.79 Å². The number of carbonyl (C=O) groups is 2. The molecule has 1 aliphatic heterocycles. The summed E-state index contributed by atoms with van der Waals surface area (Å²) >= 11 is 3.52. The fraction of sp³-hybridized carbons (Fsp3) is 0.529. The van der Waals surface area contributed by atoms with E-state index in [2.05, 4.69) is 22.9 Å². The molecule has 132 valence electrons. The van der Waals surface area contributed by atoms with E-state index in [1.807, 2.05) is 0 Å². The molecule has 0 radical (unpaired) electrons. The number of imide groups is 1. The minimum atomic E-state index is -0.579. The van der Waals surface area contributed by atoms with Gasteiger partial charge < -0.3 is 14.2 Å². The summed E-state index contributed by atoms with van der Waals surface area (Å²) in [7, 11) is 3.12. The lowest BCUT2D eigenvalue weighted by molar-refractivity contribution is -0.129. The molecule has 1 atom stereocenters. The summed E-state index contributed by atoms with van der Waals surface area (Å²) in [4.78, 5) is 25.9. The van der Waals surface area contributed by atoms with Crippen molar-refractivity contribution in [2.24, 2.45) is 0 Å². The van der Waals surface area contributed by atoms with Gasteiger partial charge in [0.15, 0.2) is 0 Å². The molecule has 1 aliphatic rings. The first kappa shape index (κ1) is 18.6. The molecule has 1 fully saturated rings. The number of amides is 2. The van der Waals surface area contributed by atoms with Crippen LogP contribution in [0.4, 0.5) is 4.79 Å². The molecule has 7 heteroatoms. The number of carbonyl (C=O) groups excluding carboxylic acids is 2. The predicted octanol–water partition coefficient (Wildman–Crippen LogP) is 3.72. The molecule has 2 amide bonds. The minimum Gasteiger partial charge on any atom is -0.497 e. The van der Waals surface area contributed by atoms with Crippen molar-refractivity contribution >= 4 is 27.9 Å². The molecule has 0 spiro atoms. The van der Waals surface area contributed by atoms with Crippen LogP contribution in [0.15, 0.2) is 16.6 Å². The fourth-order valence-electron chi connectivity index (χ4n) is 2.78. The number of hydrogen-bond donors (Lipinski definition) is 0. The van der Waals surface area contributed by atoms with Crippen LogP contribution in [0, 0.1) is 0 Å². The zero-order valence-corrected chi connectivity index (χ0v) is 15.7. The zero-order chi connectivity index (χ0) is 17.7. The highest BCUT2D eigenvalue weighted by Crippen LogP contribution is 2.40. The average Bonchev–Trinajstić information content (AvgIpc) is 3.01. The molecule has 2 rings (SSSR count). The number of rotatable bonds is 7. The van der Waals surface area contributed by atoms with Crippen molar-refractivity contribution in [2.45, 2.75) is 32.1 Å². The summed E-state index contributed by atoms with van der Waals surface area (Å²) in [6, 6.07) is 3.54. The maximum absolute atomic E-state index is 13.0. The van der Waals surface area contributed by atoms with E-state index >= 15 is 0 Å². The van der Waals surface area contributed by atoms with Crippen LogP contribution in [0.3, 0.4) is 0 Å². The first-order chi connectivity index (χ1) is 11.5. The first-order valence-corrected chi connectivity index (χ1v) is 8.72. The largest absolute Gasteiger partial charge is 0.497 e. The lowest BCUT2D eigenvalue weighted by Crippen LogP contribution is -2.36. The summed E-state index contributed by atoms with van der Waals surface area (Å²) in [5.41, 5.74) is 0.733. The molecular formula is C17H22BrNO5. The van der Waals surface area contributed by atoms with Crippen molar-refractivity contribution in [3.8, 4) is 11.5 Å². The van der Waals surface area contributed by atoms with Crippen LogP contribution in [0.5, 0.6) is 11.5 Å². The number of hydrogen-bond acceptors (Lipinski definition) is 5. The lowest BCUT2D eigenvalue weighted by atomic mass is 9.91. The number of methoxy groups -OCH3 is 2. The van der Waals surface area contributed by atoms with E-state index in [1.54, 1.807) is 26.4 Å². The van der Waals surface area contributed by atoms with Crippen LogP contribution >= 0.6 is 15.9 Å². The molecule has 1 unspecified atom stereocenters. The number of benzene rings is 1. The molecule has 1 aromatic rings. The molecule has 0 bridgehead atoms. The van der Waals surface area contributed by atoms with E-state index in [4.69, 9.17) is 14.2 Å². The molecular weight excluding hydrogens is 378 g/mol. The van der Waals surface area contributed by atoms with Crippen molar-refractivity contribution < 1.29 is 23.8 Å². The van der Waals surface area contributed by atoms with Gasteiger partial charge in [0.2, 0.25) is 5.91 Å². The Bertz CT molecular complexity index is 619. The van der Waals surface area contributed by atoms with Crippen LogP contribution in [-0.2, 0) is 9.53 Å². The maximum Gasteiger partial charge on any atom is 0.416 e. The second-order valence-corrected chi connectivity index (χ2v) is 6.38. The molecule has 0 N–H and O–H groups in total. The van der Waals surface area contributed by atoms with Crippen LogP contribution in [-0.4, -0.2) is 44.3 Å². The molecule has 0 saturated carbocycles. The van der Waals surface area contributed by atoms with Gasteiger partial charge in [-0.05, 0) is 12.5 Å². The number of halogens is 1. The van der Waals surface area contributed by atoms with Gasteiger partial charge in [0.1, 0.15) is 18.1 Å². The fourth-order valence-corrected chi connectivity index (χ4v) is 3.47. The van der Waals surface area contributed by atoms with E-state index in [0.29, 0.717) is 17.9 Å². The Morgan fingerprint density at radius 3 is 2.67 bits per heavy atom. The number of unbranched alkanes of at least 4 members (excludes halogenated alkanes) is 1. The van der Waals surface area contributed by atoms with Gasteiger partial charge in [-0.1, -0.05) is 35.7 Å². The normalized spacial score (nSPS) is 15.2. The van der Waals surface area contributed by atoms with Crippen LogP contribution in [0.2, 0.25) is 0 Å². The van der Waals surface area contributed by atoms with Crippen molar-refractivity contribution in [2.75, 3.05) is 27.4 Å². The summed E-state index contributed by atoms with van der Waals surface area (Å²) in [6.45, 7) is 2.59. The topological polar surface area (TPSA) is 65.1 Å². The standard InChI is InChI=1S/C17H22BrNO5/c1-4-5-6-12(16(20)19-7-8-24-17(19)21)15-13(18)9-11(22-2)10-14(15)23-3/h9-10,12H,4-8H2,1-3H3.